The number of para-hydroxylation sites is 1. The van der Waals surface area contributed by atoms with E-state index in [0.717, 1.165) is 22.3 Å². The van der Waals surface area contributed by atoms with Crippen LogP contribution in [0.1, 0.15) is 5.56 Å². The second-order valence-electron chi connectivity index (χ2n) is 3.81. The third-order valence-electron chi connectivity index (χ3n) is 2.39. The van der Waals surface area contributed by atoms with Crippen molar-refractivity contribution in [1.29, 1.82) is 0 Å². The molecule has 0 bridgehead atoms. The monoisotopic (exact) mass is 231 g/mol. The molecule has 0 radical (unpaired) electrons. The molecule has 0 aliphatic rings. The number of anilines is 1. The molecule has 0 atom stereocenters. The van der Waals surface area contributed by atoms with E-state index in [4.69, 9.17) is 18.0 Å². The van der Waals surface area contributed by atoms with Gasteiger partial charge in [0.1, 0.15) is 10.8 Å². The lowest BCUT2D eigenvalue weighted by molar-refractivity contribution is 1.08. The fourth-order valence-corrected chi connectivity index (χ4v) is 1.78. The van der Waals surface area contributed by atoms with Crippen LogP contribution in [0, 0.1) is 0 Å². The molecular weight excluding hydrogens is 218 g/mol. The van der Waals surface area contributed by atoms with Gasteiger partial charge in [0.05, 0.1) is 11.1 Å². The van der Waals surface area contributed by atoms with E-state index in [-0.39, 0.29) is 0 Å². The van der Waals surface area contributed by atoms with Gasteiger partial charge < -0.3 is 10.6 Å². The van der Waals surface area contributed by atoms with E-state index in [2.05, 4.69) is 4.98 Å². The fourth-order valence-electron chi connectivity index (χ4n) is 1.63. The van der Waals surface area contributed by atoms with Crippen LogP contribution < -0.4 is 10.6 Å². The van der Waals surface area contributed by atoms with Crippen LogP contribution in [0.4, 0.5) is 5.82 Å². The number of pyridine rings is 1. The van der Waals surface area contributed by atoms with Gasteiger partial charge in [-0.15, -0.1) is 0 Å². The summed E-state index contributed by atoms with van der Waals surface area (Å²) in [5.74, 6) is 0.811. The molecule has 0 amide bonds. The summed E-state index contributed by atoms with van der Waals surface area (Å²) in [6, 6.07) is 9.91. The Labute approximate surface area is 99.9 Å². The summed E-state index contributed by atoms with van der Waals surface area (Å²) >= 11 is 5.04. The number of nitrogens with zero attached hydrogens (tertiary/aromatic N) is 2. The topological polar surface area (TPSA) is 42.2 Å². The Hall–Kier alpha value is -1.68. The van der Waals surface area contributed by atoms with E-state index in [1.54, 1.807) is 0 Å². The van der Waals surface area contributed by atoms with Crippen molar-refractivity contribution >= 4 is 33.9 Å². The molecule has 1 aromatic heterocycles. The summed E-state index contributed by atoms with van der Waals surface area (Å²) in [7, 11) is 3.86. The first-order chi connectivity index (χ1) is 7.59. The maximum absolute atomic E-state index is 5.71. The SMILES string of the molecule is CN(C)c1nc2ccccc2cc1C(N)=S. The zero-order valence-electron chi connectivity index (χ0n) is 9.27. The average Bonchev–Trinajstić information content (AvgIpc) is 2.27. The van der Waals surface area contributed by atoms with Crippen molar-refractivity contribution in [1.82, 2.24) is 4.98 Å². The van der Waals surface area contributed by atoms with E-state index < -0.39 is 0 Å². The van der Waals surface area contributed by atoms with Gasteiger partial charge in [0.2, 0.25) is 0 Å². The molecule has 0 saturated heterocycles. The maximum atomic E-state index is 5.71. The van der Waals surface area contributed by atoms with Crippen molar-refractivity contribution in [3.05, 3.63) is 35.9 Å². The Morgan fingerprint density at radius 3 is 2.62 bits per heavy atom. The van der Waals surface area contributed by atoms with Crippen molar-refractivity contribution in [2.75, 3.05) is 19.0 Å². The third-order valence-corrected chi connectivity index (χ3v) is 2.61. The normalized spacial score (nSPS) is 10.4. The molecule has 2 N–H and O–H groups in total. The van der Waals surface area contributed by atoms with Gasteiger partial charge in [0, 0.05) is 19.5 Å². The van der Waals surface area contributed by atoms with Gasteiger partial charge in [0.25, 0.3) is 0 Å². The van der Waals surface area contributed by atoms with E-state index >= 15 is 0 Å². The summed E-state index contributed by atoms with van der Waals surface area (Å²) in [5.41, 5.74) is 7.48. The Morgan fingerprint density at radius 1 is 1.31 bits per heavy atom. The van der Waals surface area contributed by atoms with Gasteiger partial charge in [-0.1, -0.05) is 30.4 Å². The van der Waals surface area contributed by atoms with E-state index in [0.29, 0.717) is 4.99 Å². The molecule has 0 aliphatic heterocycles. The van der Waals surface area contributed by atoms with Crippen LogP contribution in [-0.4, -0.2) is 24.1 Å². The number of hydrogen-bond donors (Lipinski definition) is 1. The van der Waals surface area contributed by atoms with Gasteiger partial charge in [0.15, 0.2) is 0 Å². The van der Waals surface area contributed by atoms with Crippen LogP contribution in [-0.2, 0) is 0 Å². The first-order valence-electron chi connectivity index (χ1n) is 4.96. The van der Waals surface area contributed by atoms with E-state index in [1.165, 1.54) is 0 Å². The zero-order chi connectivity index (χ0) is 11.7. The maximum Gasteiger partial charge on any atom is 0.139 e. The quantitative estimate of drug-likeness (QED) is 0.802. The highest BCUT2D eigenvalue weighted by Crippen LogP contribution is 2.21. The Bertz CT molecular complexity index is 549. The third kappa shape index (κ3) is 1.84. The summed E-state index contributed by atoms with van der Waals surface area (Å²) < 4.78 is 0. The van der Waals surface area contributed by atoms with Gasteiger partial charge in [-0.2, -0.15) is 0 Å². The average molecular weight is 231 g/mol. The molecule has 0 spiro atoms. The molecule has 3 nitrogen and oxygen atoms in total. The second kappa shape index (κ2) is 4.06. The number of thiocarbonyl (C=S) groups is 1. The molecule has 1 aromatic carbocycles. The number of benzene rings is 1. The lowest BCUT2D eigenvalue weighted by atomic mass is 10.1. The van der Waals surface area contributed by atoms with Gasteiger partial charge >= 0.3 is 0 Å². The first-order valence-corrected chi connectivity index (χ1v) is 5.37. The number of rotatable bonds is 2. The summed E-state index contributed by atoms with van der Waals surface area (Å²) in [5, 5.41) is 1.05. The summed E-state index contributed by atoms with van der Waals surface area (Å²) in [4.78, 5) is 6.85. The van der Waals surface area contributed by atoms with Crippen LogP contribution >= 0.6 is 12.2 Å². The first kappa shape index (κ1) is 10.8. The summed E-state index contributed by atoms with van der Waals surface area (Å²) in [6.07, 6.45) is 0. The van der Waals surface area contributed by atoms with Crippen molar-refractivity contribution in [3.8, 4) is 0 Å². The number of fused-ring (bicyclic) bond motifs is 1. The summed E-state index contributed by atoms with van der Waals surface area (Å²) in [6.45, 7) is 0. The number of nitrogens with two attached hydrogens (primary N) is 1. The zero-order valence-corrected chi connectivity index (χ0v) is 10.1. The lowest BCUT2D eigenvalue weighted by Gasteiger charge is -2.16. The van der Waals surface area contributed by atoms with Crippen LogP contribution in [0.3, 0.4) is 0 Å². The Kier molecular flexibility index (Phi) is 2.75. The highest BCUT2D eigenvalue weighted by atomic mass is 32.1. The van der Waals surface area contributed by atoms with Crippen LogP contribution in [0.5, 0.6) is 0 Å². The van der Waals surface area contributed by atoms with Crippen molar-refractivity contribution in [2.24, 2.45) is 5.73 Å². The predicted octanol–water partition coefficient (Wildman–Crippen LogP) is 1.93. The highest BCUT2D eigenvalue weighted by molar-refractivity contribution is 7.80. The molecule has 1 heterocycles. The molecule has 2 rings (SSSR count). The lowest BCUT2D eigenvalue weighted by Crippen LogP contribution is -2.19. The molecule has 0 saturated carbocycles. The number of aromatic nitrogens is 1. The van der Waals surface area contributed by atoms with Crippen LogP contribution in [0.15, 0.2) is 30.3 Å². The van der Waals surface area contributed by atoms with Gasteiger partial charge in [-0.3, -0.25) is 0 Å². The highest BCUT2D eigenvalue weighted by Gasteiger charge is 2.10. The Morgan fingerprint density at radius 2 is 2.00 bits per heavy atom. The van der Waals surface area contributed by atoms with E-state index in [1.807, 2.05) is 49.3 Å². The van der Waals surface area contributed by atoms with Crippen molar-refractivity contribution in [2.45, 2.75) is 0 Å². The molecule has 4 heteroatoms. The standard InChI is InChI=1S/C12H13N3S/c1-15(2)12-9(11(13)16)7-8-5-3-4-6-10(8)14-12/h3-7H,1-2H3,(H2,13,16). The predicted molar refractivity (Wildman–Crippen MR) is 72.0 cm³/mol. The number of hydrogen-bond acceptors (Lipinski definition) is 3. The van der Waals surface area contributed by atoms with Crippen LogP contribution in [0.2, 0.25) is 0 Å². The minimum atomic E-state index is 0.377. The largest absolute Gasteiger partial charge is 0.389 e. The molecule has 82 valence electrons. The fraction of sp³-hybridized carbons (Fsp3) is 0.167. The van der Waals surface area contributed by atoms with Crippen LogP contribution in [0.25, 0.3) is 10.9 Å². The van der Waals surface area contributed by atoms with Gasteiger partial charge in [-0.05, 0) is 12.1 Å². The second-order valence-corrected chi connectivity index (χ2v) is 4.25. The van der Waals surface area contributed by atoms with Crippen molar-refractivity contribution < 1.29 is 0 Å². The molecule has 0 fully saturated rings. The minimum Gasteiger partial charge on any atom is -0.389 e. The smallest absolute Gasteiger partial charge is 0.139 e. The van der Waals surface area contributed by atoms with Gasteiger partial charge in [-0.25, -0.2) is 4.98 Å². The molecule has 16 heavy (non-hydrogen) atoms. The molecular formula is C12H13N3S. The molecule has 2 aromatic rings. The molecule has 0 aliphatic carbocycles. The minimum absolute atomic E-state index is 0.377. The van der Waals surface area contributed by atoms with Crippen molar-refractivity contribution in [3.63, 3.8) is 0 Å². The van der Waals surface area contributed by atoms with E-state index in [9.17, 15) is 0 Å². The Balaban J connectivity index is 2.76. The molecule has 0 unspecified atom stereocenters.